The summed E-state index contributed by atoms with van der Waals surface area (Å²) in [5.74, 6) is 0. The highest BCUT2D eigenvalue weighted by molar-refractivity contribution is 6.31. The van der Waals surface area contributed by atoms with Crippen molar-refractivity contribution in [2.24, 2.45) is 0 Å². The van der Waals surface area contributed by atoms with Crippen LogP contribution in [0, 0.1) is 6.92 Å². The fourth-order valence-electron chi connectivity index (χ4n) is 4.31. The number of rotatable bonds is 8. The Bertz CT molecular complexity index is 1110. The normalized spacial score (nSPS) is 12.4. The molecular weight excluding hydrogens is 388 g/mol. The van der Waals surface area contributed by atoms with Crippen LogP contribution >= 0.6 is 11.6 Å². The summed E-state index contributed by atoms with van der Waals surface area (Å²) in [4.78, 5) is 0. The summed E-state index contributed by atoms with van der Waals surface area (Å²) in [6.45, 7) is 6.11. The molecule has 1 atom stereocenters. The molecule has 4 rings (SSSR count). The fourth-order valence-corrected chi connectivity index (χ4v) is 4.51. The van der Waals surface area contributed by atoms with Crippen LogP contribution in [-0.2, 0) is 13.1 Å². The number of aromatic nitrogens is 1. The number of nitrogens with one attached hydrogen (secondary N) is 1. The second-order valence-corrected chi connectivity index (χ2v) is 8.30. The maximum atomic E-state index is 6.46. The van der Waals surface area contributed by atoms with E-state index in [9.17, 15) is 0 Å². The molecule has 1 N–H and O–H groups in total. The van der Waals surface area contributed by atoms with Crippen LogP contribution in [0.15, 0.2) is 78.9 Å². The average molecular weight is 417 g/mol. The highest BCUT2D eigenvalue weighted by atomic mass is 35.5. The van der Waals surface area contributed by atoms with Gasteiger partial charge in [0.2, 0.25) is 0 Å². The molecule has 0 aliphatic carbocycles. The topological polar surface area (TPSA) is 17.0 Å². The highest BCUT2D eigenvalue weighted by Gasteiger charge is 2.17. The molecule has 154 valence electrons. The molecular formula is C27H29ClN2. The van der Waals surface area contributed by atoms with Crippen molar-refractivity contribution in [1.82, 2.24) is 9.88 Å². The summed E-state index contributed by atoms with van der Waals surface area (Å²) in [6.07, 6.45) is 2.28. The molecule has 4 aromatic rings. The Morgan fingerprint density at radius 2 is 1.60 bits per heavy atom. The van der Waals surface area contributed by atoms with Crippen LogP contribution in [0.2, 0.25) is 5.02 Å². The molecule has 0 aliphatic heterocycles. The van der Waals surface area contributed by atoms with Gasteiger partial charge in [0, 0.05) is 40.8 Å². The summed E-state index contributed by atoms with van der Waals surface area (Å²) in [6, 6.07) is 28.0. The zero-order chi connectivity index (χ0) is 20.9. The first-order valence-electron chi connectivity index (χ1n) is 10.8. The smallest absolute Gasteiger partial charge is 0.0493 e. The summed E-state index contributed by atoms with van der Waals surface area (Å²) < 4.78 is 2.39. The summed E-state index contributed by atoms with van der Waals surface area (Å²) in [7, 11) is 0. The van der Waals surface area contributed by atoms with Crippen LogP contribution in [0.25, 0.3) is 10.9 Å². The van der Waals surface area contributed by atoms with Crippen molar-refractivity contribution in [2.75, 3.05) is 0 Å². The number of fused-ring (bicyclic) bond motifs is 1. The van der Waals surface area contributed by atoms with Crippen molar-refractivity contribution in [3.63, 3.8) is 0 Å². The van der Waals surface area contributed by atoms with Gasteiger partial charge in [0.15, 0.2) is 0 Å². The average Bonchev–Trinajstić information content (AvgIpc) is 3.04. The van der Waals surface area contributed by atoms with E-state index in [2.05, 4.69) is 90.5 Å². The van der Waals surface area contributed by atoms with Gasteiger partial charge in [-0.3, -0.25) is 0 Å². The Labute approximate surface area is 184 Å². The Balaban J connectivity index is 1.66. The molecule has 0 radical (unpaired) electrons. The van der Waals surface area contributed by atoms with E-state index in [1.807, 2.05) is 12.1 Å². The lowest BCUT2D eigenvalue weighted by Crippen LogP contribution is -2.21. The highest BCUT2D eigenvalue weighted by Crippen LogP contribution is 2.29. The number of nitrogens with zero attached hydrogens (tertiary/aromatic N) is 1. The lowest BCUT2D eigenvalue weighted by molar-refractivity contribution is 0.493. The van der Waals surface area contributed by atoms with E-state index in [-0.39, 0.29) is 0 Å². The van der Waals surface area contributed by atoms with Crippen molar-refractivity contribution in [1.29, 1.82) is 0 Å². The third-order valence-electron chi connectivity index (χ3n) is 5.95. The lowest BCUT2D eigenvalue weighted by Gasteiger charge is -2.19. The Morgan fingerprint density at radius 3 is 2.37 bits per heavy atom. The Kier molecular flexibility index (Phi) is 6.56. The van der Waals surface area contributed by atoms with Crippen LogP contribution in [0.4, 0.5) is 0 Å². The third-order valence-corrected chi connectivity index (χ3v) is 6.32. The van der Waals surface area contributed by atoms with Crippen molar-refractivity contribution in [2.45, 2.75) is 45.8 Å². The minimum Gasteiger partial charge on any atom is -0.340 e. The van der Waals surface area contributed by atoms with Crippen molar-refractivity contribution in [3.8, 4) is 0 Å². The van der Waals surface area contributed by atoms with Gasteiger partial charge in [0.05, 0.1) is 0 Å². The standard InChI is InChI=1S/C27H29ClN2/c1-3-11-26(21-12-5-4-6-13-21)29-18-24-20(2)30(27-17-10-8-15-23(24)27)19-22-14-7-9-16-25(22)28/h4-10,12-17,26,29H,3,11,18-19H2,1-2H3. The van der Waals surface area contributed by atoms with Crippen LogP contribution in [0.3, 0.4) is 0 Å². The number of hydrogen-bond donors (Lipinski definition) is 1. The van der Waals surface area contributed by atoms with Crippen LogP contribution in [-0.4, -0.2) is 4.57 Å². The first-order chi connectivity index (χ1) is 14.7. The molecule has 1 heterocycles. The van der Waals surface area contributed by atoms with E-state index >= 15 is 0 Å². The largest absolute Gasteiger partial charge is 0.340 e. The number of para-hydroxylation sites is 1. The number of hydrogen-bond acceptors (Lipinski definition) is 1. The SMILES string of the molecule is CCCC(NCc1c(C)n(Cc2ccccc2Cl)c2ccccc12)c1ccccc1. The molecule has 0 bridgehead atoms. The van der Waals surface area contributed by atoms with Gasteiger partial charge in [-0.15, -0.1) is 0 Å². The summed E-state index contributed by atoms with van der Waals surface area (Å²) in [5, 5.41) is 5.97. The van der Waals surface area contributed by atoms with Gasteiger partial charge >= 0.3 is 0 Å². The molecule has 0 saturated carbocycles. The maximum Gasteiger partial charge on any atom is 0.0493 e. The van der Waals surface area contributed by atoms with Crippen LogP contribution in [0.1, 0.15) is 48.2 Å². The molecule has 0 amide bonds. The Morgan fingerprint density at radius 1 is 0.900 bits per heavy atom. The molecule has 0 fully saturated rings. The predicted molar refractivity (Wildman–Crippen MR) is 128 cm³/mol. The molecule has 3 aromatic carbocycles. The van der Waals surface area contributed by atoms with Crippen LogP contribution < -0.4 is 5.32 Å². The third kappa shape index (κ3) is 4.30. The minimum atomic E-state index is 0.362. The van der Waals surface area contributed by atoms with Gasteiger partial charge < -0.3 is 9.88 Å². The molecule has 1 unspecified atom stereocenters. The van der Waals surface area contributed by atoms with Crippen molar-refractivity contribution < 1.29 is 0 Å². The zero-order valence-corrected chi connectivity index (χ0v) is 18.5. The summed E-state index contributed by atoms with van der Waals surface area (Å²) in [5.41, 5.74) is 6.44. The van der Waals surface area contributed by atoms with Gasteiger partial charge in [-0.25, -0.2) is 0 Å². The molecule has 30 heavy (non-hydrogen) atoms. The second kappa shape index (κ2) is 9.51. The number of halogens is 1. The maximum absolute atomic E-state index is 6.46. The molecule has 2 nitrogen and oxygen atoms in total. The Hall–Kier alpha value is -2.55. The first-order valence-corrected chi connectivity index (χ1v) is 11.1. The zero-order valence-electron chi connectivity index (χ0n) is 17.7. The van der Waals surface area contributed by atoms with Gasteiger partial charge in [0.1, 0.15) is 0 Å². The van der Waals surface area contributed by atoms with Gasteiger partial charge in [-0.1, -0.05) is 91.7 Å². The first kappa shape index (κ1) is 20.7. The van der Waals surface area contributed by atoms with Gasteiger partial charge in [-0.05, 0) is 42.2 Å². The molecule has 3 heteroatoms. The molecule has 0 aliphatic rings. The monoisotopic (exact) mass is 416 g/mol. The van der Waals surface area contributed by atoms with E-state index in [1.165, 1.54) is 27.7 Å². The minimum absolute atomic E-state index is 0.362. The lowest BCUT2D eigenvalue weighted by atomic mass is 10.0. The van der Waals surface area contributed by atoms with Gasteiger partial charge in [0.25, 0.3) is 0 Å². The van der Waals surface area contributed by atoms with E-state index in [0.29, 0.717) is 6.04 Å². The predicted octanol–water partition coefficient (Wildman–Crippen LogP) is 7.28. The summed E-state index contributed by atoms with van der Waals surface area (Å²) >= 11 is 6.46. The second-order valence-electron chi connectivity index (χ2n) is 7.89. The van der Waals surface area contributed by atoms with Gasteiger partial charge in [-0.2, -0.15) is 0 Å². The number of benzene rings is 3. The molecule has 0 saturated heterocycles. The molecule has 0 spiro atoms. The van der Waals surface area contributed by atoms with Crippen LogP contribution in [0.5, 0.6) is 0 Å². The van der Waals surface area contributed by atoms with E-state index in [4.69, 9.17) is 11.6 Å². The fraction of sp³-hybridized carbons (Fsp3) is 0.259. The van der Waals surface area contributed by atoms with E-state index in [0.717, 1.165) is 36.5 Å². The van der Waals surface area contributed by atoms with Crippen molar-refractivity contribution >= 4 is 22.5 Å². The quantitative estimate of drug-likeness (QED) is 0.319. The molecule has 1 aromatic heterocycles. The van der Waals surface area contributed by atoms with E-state index < -0.39 is 0 Å². The van der Waals surface area contributed by atoms with E-state index in [1.54, 1.807) is 0 Å². The van der Waals surface area contributed by atoms with Crippen molar-refractivity contribution in [3.05, 3.63) is 106 Å².